The van der Waals surface area contributed by atoms with Gasteiger partial charge in [-0.3, -0.25) is 14.9 Å². The van der Waals surface area contributed by atoms with Gasteiger partial charge in [-0.2, -0.15) is 0 Å². The van der Waals surface area contributed by atoms with Crippen LogP contribution in [0.3, 0.4) is 0 Å². The fourth-order valence-corrected chi connectivity index (χ4v) is 3.34. The third-order valence-electron chi connectivity index (χ3n) is 4.15. The summed E-state index contributed by atoms with van der Waals surface area (Å²) in [4.78, 5) is 24.7. The van der Waals surface area contributed by atoms with Gasteiger partial charge < -0.3 is 10.2 Å². The van der Waals surface area contributed by atoms with Crippen LogP contribution in [-0.2, 0) is 0 Å². The van der Waals surface area contributed by atoms with Crippen LogP contribution in [0.5, 0.6) is 0 Å². The molecule has 1 amide bonds. The molecular formula is C14H17Cl2N3O3. The number of carbonyl (C=O) groups is 1. The first-order chi connectivity index (χ1) is 10.0. The summed E-state index contributed by atoms with van der Waals surface area (Å²) < 4.78 is 0. The molecule has 2 fully saturated rings. The zero-order valence-corrected chi connectivity index (χ0v) is 13.4. The minimum Gasteiger partial charge on any atom is -0.337 e. The van der Waals surface area contributed by atoms with Gasteiger partial charge in [0.15, 0.2) is 0 Å². The molecule has 120 valence electrons. The van der Waals surface area contributed by atoms with Crippen LogP contribution in [0.1, 0.15) is 29.6 Å². The van der Waals surface area contributed by atoms with Crippen molar-refractivity contribution >= 4 is 35.6 Å². The van der Waals surface area contributed by atoms with Gasteiger partial charge >= 0.3 is 0 Å². The highest BCUT2D eigenvalue weighted by atomic mass is 35.5. The largest absolute Gasteiger partial charge is 0.337 e. The van der Waals surface area contributed by atoms with Crippen molar-refractivity contribution in [2.45, 2.75) is 31.3 Å². The molecule has 1 aromatic carbocycles. The predicted octanol–water partition coefficient (Wildman–Crippen LogP) is 2.64. The Morgan fingerprint density at radius 3 is 2.73 bits per heavy atom. The summed E-state index contributed by atoms with van der Waals surface area (Å²) in [6.45, 7) is 1.32. The average molecular weight is 346 g/mol. The number of halogens is 2. The summed E-state index contributed by atoms with van der Waals surface area (Å²) in [7, 11) is 0. The Labute approximate surface area is 139 Å². The van der Waals surface area contributed by atoms with Crippen LogP contribution in [0.15, 0.2) is 18.2 Å². The highest BCUT2D eigenvalue weighted by Gasteiger charge is 2.31. The van der Waals surface area contributed by atoms with Gasteiger partial charge in [-0.15, -0.1) is 12.4 Å². The molecule has 2 heterocycles. The molecule has 2 saturated heterocycles. The van der Waals surface area contributed by atoms with Gasteiger partial charge in [0.2, 0.25) is 0 Å². The molecule has 6 nitrogen and oxygen atoms in total. The molecule has 22 heavy (non-hydrogen) atoms. The molecule has 1 aromatic rings. The molecule has 2 aliphatic heterocycles. The number of nitrogens with one attached hydrogen (secondary N) is 1. The van der Waals surface area contributed by atoms with E-state index in [1.807, 2.05) is 0 Å². The minimum atomic E-state index is -0.533. The van der Waals surface area contributed by atoms with Gasteiger partial charge in [-0.25, -0.2) is 0 Å². The summed E-state index contributed by atoms with van der Waals surface area (Å²) in [6, 6.07) is 4.86. The number of hydrogen-bond acceptors (Lipinski definition) is 4. The third-order valence-corrected chi connectivity index (χ3v) is 4.37. The van der Waals surface area contributed by atoms with Gasteiger partial charge in [-0.05, 0) is 25.3 Å². The predicted molar refractivity (Wildman–Crippen MR) is 85.8 cm³/mol. The number of non-ortho nitro benzene ring substituents is 1. The normalized spacial score (nSPS) is 23.6. The molecule has 0 aromatic heterocycles. The first kappa shape index (κ1) is 17.0. The zero-order valence-electron chi connectivity index (χ0n) is 11.8. The molecule has 0 saturated carbocycles. The summed E-state index contributed by atoms with van der Waals surface area (Å²) in [5.74, 6) is -0.185. The SMILES string of the molecule is Cl.O=C(c1cc(Cl)cc([N+](=O)[O-])c1)N1CCC2CCC(C1)N2. The van der Waals surface area contributed by atoms with E-state index in [1.165, 1.54) is 18.2 Å². The minimum absolute atomic E-state index is 0. The quantitative estimate of drug-likeness (QED) is 0.660. The number of rotatable bonds is 2. The number of likely N-dealkylation sites (tertiary alicyclic amines) is 1. The lowest BCUT2D eigenvalue weighted by Gasteiger charge is -2.24. The molecule has 3 rings (SSSR count). The van der Waals surface area contributed by atoms with E-state index in [2.05, 4.69) is 5.32 Å². The van der Waals surface area contributed by atoms with Crippen molar-refractivity contribution in [2.75, 3.05) is 13.1 Å². The maximum absolute atomic E-state index is 12.6. The van der Waals surface area contributed by atoms with E-state index in [9.17, 15) is 14.9 Å². The second-order valence-electron chi connectivity index (χ2n) is 5.63. The molecule has 2 unspecified atom stereocenters. The van der Waals surface area contributed by atoms with E-state index in [1.54, 1.807) is 4.90 Å². The van der Waals surface area contributed by atoms with E-state index in [4.69, 9.17) is 11.6 Å². The average Bonchev–Trinajstić information content (AvgIpc) is 2.77. The molecule has 8 heteroatoms. The Balaban J connectivity index is 0.00000176. The molecule has 0 spiro atoms. The Bertz CT molecular complexity index is 597. The number of nitro benzene ring substituents is 1. The first-order valence-electron chi connectivity index (χ1n) is 7.03. The number of nitro groups is 1. The topological polar surface area (TPSA) is 75.5 Å². The van der Waals surface area contributed by atoms with E-state index in [0.717, 1.165) is 19.3 Å². The zero-order chi connectivity index (χ0) is 15.0. The van der Waals surface area contributed by atoms with Gasteiger partial charge in [0.25, 0.3) is 11.6 Å². The van der Waals surface area contributed by atoms with Crippen LogP contribution in [0.4, 0.5) is 5.69 Å². The monoisotopic (exact) mass is 345 g/mol. The van der Waals surface area contributed by atoms with Crippen molar-refractivity contribution in [1.82, 2.24) is 10.2 Å². The highest BCUT2D eigenvalue weighted by molar-refractivity contribution is 6.31. The van der Waals surface area contributed by atoms with Crippen molar-refractivity contribution in [3.63, 3.8) is 0 Å². The summed E-state index contributed by atoms with van der Waals surface area (Å²) in [5, 5.41) is 14.6. The fraction of sp³-hybridized carbons (Fsp3) is 0.500. The highest BCUT2D eigenvalue weighted by Crippen LogP contribution is 2.25. The van der Waals surface area contributed by atoms with Crippen LogP contribution in [-0.4, -0.2) is 40.9 Å². The fourth-order valence-electron chi connectivity index (χ4n) is 3.11. The molecule has 0 radical (unpaired) electrons. The summed E-state index contributed by atoms with van der Waals surface area (Å²) >= 11 is 5.88. The molecule has 2 atom stereocenters. The molecule has 2 aliphatic rings. The first-order valence-corrected chi connectivity index (χ1v) is 7.41. The van der Waals surface area contributed by atoms with E-state index in [0.29, 0.717) is 25.2 Å². The van der Waals surface area contributed by atoms with Crippen molar-refractivity contribution in [2.24, 2.45) is 0 Å². The van der Waals surface area contributed by atoms with E-state index < -0.39 is 4.92 Å². The number of carbonyl (C=O) groups excluding carboxylic acids is 1. The molecule has 2 bridgehead atoms. The number of amides is 1. The van der Waals surface area contributed by atoms with Gasteiger partial charge in [0, 0.05) is 47.9 Å². The number of benzene rings is 1. The summed E-state index contributed by atoms with van der Waals surface area (Å²) in [6.07, 6.45) is 3.16. The third kappa shape index (κ3) is 3.51. The van der Waals surface area contributed by atoms with Crippen molar-refractivity contribution in [3.8, 4) is 0 Å². The van der Waals surface area contributed by atoms with E-state index >= 15 is 0 Å². The smallest absolute Gasteiger partial charge is 0.271 e. The van der Waals surface area contributed by atoms with Crippen LogP contribution in [0, 0.1) is 10.1 Å². The van der Waals surface area contributed by atoms with E-state index in [-0.39, 0.29) is 34.6 Å². The Hall–Kier alpha value is -1.37. The summed E-state index contributed by atoms with van der Waals surface area (Å²) in [5.41, 5.74) is 0.132. The van der Waals surface area contributed by atoms with Crippen molar-refractivity contribution in [3.05, 3.63) is 38.9 Å². The number of hydrogen-bond donors (Lipinski definition) is 1. The van der Waals surface area contributed by atoms with Gasteiger partial charge in [-0.1, -0.05) is 11.6 Å². The Kier molecular flexibility index (Phi) is 5.26. The molecule has 0 aliphatic carbocycles. The Morgan fingerprint density at radius 1 is 1.27 bits per heavy atom. The number of fused-ring (bicyclic) bond motifs is 2. The lowest BCUT2D eigenvalue weighted by atomic mass is 10.1. The second-order valence-corrected chi connectivity index (χ2v) is 6.07. The lowest BCUT2D eigenvalue weighted by Crippen LogP contribution is -2.39. The number of nitrogens with zero attached hydrogens (tertiary/aromatic N) is 2. The second kappa shape index (κ2) is 6.81. The maximum atomic E-state index is 12.6. The maximum Gasteiger partial charge on any atom is 0.271 e. The van der Waals surface area contributed by atoms with Crippen molar-refractivity contribution < 1.29 is 9.72 Å². The lowest BCUT2D eigenvalue weighted by molar-refractivity contribution is -0.384. The van der Waals surface area contributed by atoms with Crippen LogP contribution >= 0.6 is 24.0 Å². The van der Waals surface area contributed by atoms with Crippen LogP contribution in [0.25, 0.3) is 0 Å². The van der Waals surface area contributed by atoms with Crippen LogP contribution in [0.2, 0.25) is 5.02 Å². The molecular weight excluding hydrogens is 329 g/mol. The molecule has 1 N–H and O–H groups in total. The van der Waals surface area contributed by atoms with Crippen LogP contribution < -0.4 is 5.32 Å². The van der Waals surface area contributed by atoms with Gasteiger partial charge in [0.1, 0.15) is 0 Å². The Morgan fingerprint density at radius 2 is 2.00 bits per heavy atom. The van der Waals surface area contributed by atoms with Gasteiger partial charge in [0.05, 0.1) is 4.92 Å². The standard InChI is InChI=1S/C14H16ClN3O3.ClH/c15-10-5-9(6-13(7-10)18(20)21)14(19)17-4-3-11-1-2-12(8-17)16-11;/h5-7,11-12,16H,1-4,8H2;1H. The van der Waals surface area contributed by atoms with Crippen molar-refractivity contribution in [1.29, 1.82) is 0 Å².